The van der Waals surface area contributed by atoms with E-state index in [0.717, 1.165) is 5.56 Å². The van der Waals surface area contributed by atoms with Crippen LogP contribution < -0.4 is 0 Å². The molecule has 0 saturated heterocycles. The highest BCUT2D eigenvalue weighted by Gasteiger charge is 2.38. The van der Waals surface area contributed by atoms with Crippen molar-refractivity contribution in [1.29, 1.82) is 0 Å². The molecule has 1 atom stereocenters. The molecule has 1 aromatic rings. The van der Waals surface area contributed by atoms with Gasteiger partial charge < -0.3 is 14.4 Å². The lowest BCUT2D eigenvalue weighted by molar-refractivity contribution is 0.210. The quantitative estimate of drug-likeness (QED) is 0.624. The Labute approximate surface area is 78.7 Å². The summed E-state index contributed by atoms with van der Waals surface area (Å²) in [7, 11) is -4.03. The van der Waals surface area contributed by atoms with E-state index in [1.807, 2.05) is 25.1 Å². The van der Waals surface area contributed by atoms with Crippen molar-refractivity contribution < 1.29 is 14.4 Å². The third-order valence-corrected chi connectivity index (χ3v) is 3.75. The van der Waals surface area contributed by atoms with Gasteiger partial charge in [-0.3, -0.25) is 0 Å². The average Bonchev–Trinajstić information content (AvgIpc) is 2.05. The molecule has 1 rings (SSSR count). The van der Waals surface area contributed by atoms with Gasteiger partial charge >= 0.3 is 8.80 Å². The van der Waals surface area contributed by atoms with Gasteiger partial charge in [0.25, 0.3) is 0 Å². The topological polar surface area (TPSA) is 60.7 Å². The molecule has 72 valence electrons. The fourth-order valence-electron chi connectivity index (χ4n) is 1.42. The van der Waals surface area contributed by atoms with Crippen molar-refractivity contribution in [3.8, 4) is 0 Å². The van der Waals surface area contributed by atoms with Crippen molar-refractivity contribution in [1.82, 2.24) is 0 Å². The largest absolute Gasteiger partial charge is 0.500 e. The first-order valence-corrected chi connectivity index (χ1v) is 6.19. The molecule has 0 saturated carbocycles. The molecule has 0 aliphatic heterocycles. The van der Waals surface area contributed by atoms with Crippen LogP contribution in [0.25, 0.3) is 0 Å². The summed E-state index contributed by atoms with van der Waals surface area (Å²) in [5, 5.41) is 0. The standard InChI is InChI=1S/C9H14O3Si/c1-2-9(13(10,11)12)8-6-4-3-5-7-8/h3-7,9-12H,2H2,1H3. The van der Waals surface area contributed by atoms with E-state index in [-0.39, 0.29) is 0 Å². The predicted octanol–water partition coefficient (Wildman–Crippen LogP) is 0.635. The molecule has 1 unspecified atom stereocenters. The zero-order chi connectivity index (χ0) is 9.90. The minimum absolute atomic E-state index is 0.520. The Bertz CT molecular complexity index is 255. The van der Waals surface area contributed by atoms with Crippen molar-refractivity contribution in [2.75, 3.05) is 0 Å². The summed E-state index contributed by atoms with van der Waals surface area (Å²) in [5.74, 6) is 0. The van der Waals surface area contributed by atoms with Gasteiger partial charge in [0.05, 0.1) is 5.54 Å². The van der Waals surface area contributed by atoms with E-state index in [9.17, 15) is 14.4 Å². The third-order valence-electron chi connectivity index (χ3n) is 2.08. The van der Waals surface area contributed by atoms with Crippen LogP contribution in [0.5, 0.6) is 0 Å². The lowest BCUT2D eigenvalue weighted by Crippen LogP contribution is -2.42. The summed E-state index contributed by atoms with van der Waals surface area (Å²) in [6.07, 6.45) is 0.528. The minimum atomic E-state index is -4.03. The van der Waals surface area contributed by atoms with Gasteiger partial charge in [0.2, 0.25) is 0 Å². The summed E-state index contributed by atoms with van der Waals surface area (Å²) >= 11 is 0. The van der Waals surface area contributed by atoms with Crippen molar-refractivity contribution in [3.05, 3.63) is 35.9 Å². The molecule has 3 nitrogen and oxygen atoms in total. The molecule has 0 spiro atoms. The lowest BCUT2D eigenvalue weighted by atomic mass is 10.1. The summed E-state index contributed by atoms with van der Waals surface area (Å²) in [5.41, 5.74) is 0.262. The van der Waals surface area contributed by atoms with E-state index in [2.05, 4.69) is 0 Å². The van der Waals surface area contributed by atoms with Crippen LogP contribution in [0.15, 0.2) is 30.3 Å². The van der Waals surface area contributed by atoms with Crippen molar-refractivity contribution >= 4 is 8.80 Å². The summed E-state index contributed by atoms with van der Waals surface area (Å²) in [4.78, 5) is 27.5. The Balaban J connectivity index is 2.92. The van der Waals surface area contributed by atoms with Crippen molar-refractivity contribution in [3.63, 3.8) is 0 Å². The highest BCUT2D eigenvalue weighted by molar-refractivity contribution is 6.58. The Morgan fingerprint density at radius 2 is 1.69 bits per heavy atom. The van der Waals surface area contributed by atoms with Gasteiger partial charge in [-0.25, -0.2) is 0 Å². The van der Waals surface area contributed by atoms with Crippen molar-refractivity contribution in [2.45, 2.75) is 18.9 Å². The first-order chi connectivity index (χ1) is 6.05. The molecular formula is C9H14O3Si. The van der Waals surface area contributed by atoms with Gasteiger partial charge in [0, 0.05) is 0 Å². The van der Waals surface area contributed by atoms with E-state index in [0.29, 0.717) is 6.42 Å². The van der Waals surface area contributed by atoms with Gasteiger partial charge in [-0.05, 0) is 12.0 Å². The second kappa shape index (κ2) is 4.02. The molecule has 3 N–H and O–H groups in total. The average molecular weight is 198 g/mol. The van der Waals surface area contributed by atoms with Gasteiger partial charge in [0.15, 0.2) is 0 Å². The van der Waals surface area contributed by atoms with Crippen LogP contribution in [0.2, 0.25) is 0 Å². The van der Waals surface area contributed by atoms with Gasteiger partial charge in [-0.2, -0.15) is 0 Å². The third kappa shape index (κ3) is 2.63. The van der Waals surface area contributed by atoms with Gasteiger partial charge in [-0.15, -0.1) is 0 Å². The first kappa shape index (κ1) is 10.4. The molecule has 4 heteroatoms. The van der Waals surface area contributed by atoms with E-state index < -0.39 is 14.3 Å². The highest BCUT2D eigenvalue weighted by atomic mass is 28.4. The fourth-order valence-corrected chi connectivity index (χ4v) is 2.61. The number of hydrogen-bond donors (Lipinski definition) is 3. The van der Waals surface area contributed by atoms with Crippen LogP contribution in [-0.2, 0) is 0 Å². The molecule has 0 radical (unpaired) electrons. The summed E-state index contributed by atoms with van der Waals surface area (Å²) in [6.45, 7) is 1.82. The monoisotopic (exact) mass is 198 g/mol. The van der Waals surface area contributed by atoms with E-state index in [1.165, 1.54) is 0 Å². The minimum Gasteiger partial charge on any atom is -0.390 e. The predicted molar refractivity (Wildman–Crippen MR) is 51.9 cm³/mol. The Morgan fingerprint density at radius 3 is 2.08 bits per heavy atom. The Kier molecular flexibility index (Phi) is 3.21. The first-order valence-electron chi connectivity index (χ1n) is 4.27. The van der Waals surface area contributed by atoms with Gasteiger partial charge in [-0.1, -0.05) is 37.3 Å². The Hall–Kier alpha value is -0.683. The summed E-state index contributed by atoms with van der Waals surface area (Å²) in [6, 6.07) is 9.07. The second-order valence-electron chi connectivity index (χ2n) is 3.06. The zero-order valence-corrected chi connectivity index (χ0v) is 8.51. The van der Waals surface area contributed by atoms with Crippen molar-refractivity contribution in [2.24, 2.45) is 0 Å². The lowest BCUT2D eigenvalue weighted by Gasteiger charge is -2.20. The van der Waals surface area contributed by atoms with Crippen LogP contribution in [0, 0.1) is 0 Å². The van der Waals surface area contributed by atoms with E-state index in [4.69, 9.17) is 0 Å². The molecule has 13 heavy (non-hydrogen) atoms. The normalized spacial score (nSPS) is 14.2. The molecule has 0 aliphatic carbocycles. The Morgan fingerprint density at radius 1 is 1.15 bits per heavy atom. The molecule has 0 aliphatic rings. The number of benzene rings is 1. The molecule has 0 aromatic heterocycles. The molecule has 0 heterocycles. The highest BCUT2D eigenvalue weighted by Crippen LogP contribution is 2.24. The molecule has 0 amide bonds. The van der Waals surface area contributed by atoms with Crippen LogP contribution >= 0.6 is 0 Å². The van der Waals surface area contributed by atoms with Gasteiger partial charge in [0.1, 0.15) is 0 Å². The maximum atomic E-state index is 9.18. The van der Waals surface area contributed by atoms with Crippen LogP contribution in [0.3, 0.4) is 0 Å². The maximum absolute atomic E-state index is 9.18. The fraction of sp³-hybridized carbons (Fsp3) is 0.333. The summed E-state index contributed by atoms with van der Waals surface area (Å²) < 4.78 is 0. The SMILES string of the molecule is CCC(c1ccccc1)[Si](O)(O)O. The number of hydrogen-bond acceptors (Lipinski definition) is 3. The van der Waals surface area contributed by atoms with Crippen LogP contribution in [0.1, 0.15) is 24.4 Å². The second-order valence-corrected chi connectivity index (χ2v) is 5.13. The van der Waals surface area contributed by atoms with Crippen LogP contribution in [0.4, 0.5) is 0 Å². The molecule has 0 fully saturated rings. The smallest absolute Gasteiger partial charge is 0.390 e. The number of rotatable bonds is 3. The molecule has 0 bridgehead atoms. The van der Waals surface area contributed by atoms with E-state index >= 15 is 0 Å². The molecular weight excluding hydrogens is 184 g/mol. The zero-order valence-electron chi connectivity index (χ0n) is 7.51. The van der Waals surface area contributed by atoms with Crippen LogP contribution in [-0.4, -0.2) is 23.2 Å². The maximum Gasteiger partial charge on any atom is 0.500 e. The molecule has 1 aromatic carbocycles. The van der Waals surface area contributed by atoms with E-state index in [1.54, 1.807) is 12.1 Å².